The van der Waals surface area contributed by atoms with Gasteiger partial charge in [-0.15, -0.1) is 0 Å². The Kier molecular flexibility index (Phi) is 1.08. The number of hydrogen-bond acceptors (Lipinski definition) is 2. The predicted molar refractivity (Wildman–Crippen MR) is 37.5 cm³/mol. The van der Waals surface area contributed by atoms with Crippen molar-refractivity contribution in [3.63, 3.8) is 0 Å². The first-order valence-corrected chi connectivity index (χ1v) is 3.68. The lowest BCUT2D eigenvalue weighted by molar-refractivity contribution is 0.176. The summed E-state index contributed by atoms with van der Waals surface area (Å²) in [5.74, 6) is 0. The lowest BCUT2D eigenvalue weighted by Crippen LogP contribution is -2.42. The Morgan fingerprint density at radius 1 is 1.00 bits per heavy atom. The van der Waals surface area contributed by atoms with Gasteiger partial charge >= 0.3 is 0 Å². The summed E-state index contributed by atoms with van der Waals surface area (Å²) >= 11 is 0. The zero-order valence-electron chi connectivity index (χ0n) is 6.17. The summed E-state index contributed by atoms with van der Waals surface area (Å²) in [5.41, 5.74) is 0. The molecule has 2 rings (SSSR count). The molecular weight excluding hydrogens is 112 g/mol. The minimum Gasteiger partial charge on any atom is -0.301 e. The molecule has 0 saturated carbocycles. The molecular formula is C7H14N2. The number of hydrogen-bond donors (Lipinski definition) is 0. The fourth-order valence-corrected chi connectivity index (χ4v) is 2.06. The lowest BCUT2D eigenvalue weighted by Gasteiger charge is -2.28. The van der Waals surface area contributed by atoms with Crippen molar-refractivity contribution in [2.75, 3.05) is 27.2 Å². The van der Waals surface area contributed by atoms with E-state index in [2.05, 4.69) is 23.9 Å². The van der Waals surface area contributed by atoms with E-state index in [1.165, 1.54) is 19.5 Å². The van der Waals surface area contributed by atoms with Gasteiger partial charge in [-0.25, -0.2) is 0 Å². The first kappa shape index (κ1) is 5.69. The third-order valence-corrected chi connectivity index (χ3v) is 2.79. The predicted octanol–water partition coefficient (Wildman–Crippen LogP) is 0.00450. The maximum atomic E-state index is 2.48. The van der Waals surface area contributed by atoms with E-state index in [0.29, 0.717) is 0 Å². The van der Waals surface area contributed by atoms with Gasteiger partial charge < -0.3 is 9.80 Å². The van der Waals surface area contributed by atoms with Gasteiger partial charge in [-0.05, 0) is 20.5 Å². The topological polar surface area (TPSA) is 6.48 Å². The number of fused-ring (bicyclic) bond motifs is 2. The Morgan fingerprint density at radius 2 is 1.44 bits per heavy atom. The van der Waals surface area contributed by atoms with E-state index in [9.17, 15) is 0 Å². The van der Waals surface area contributed by atoms with Crippen LogP contribution in [0.25, 0.3) is 0 Å². The van der Waals surface area contributed by atoms with Gasteiger partial charge in [-0.3, -0.25) is 0 Å². The molecule has 2 aliphatic rings. The number of likely N-dealkylation sites (tertiary alicyclic amines) is 2. The van der Waals surface area contributed by atoms with Crippen molar-refractivity contribution in [3.05, 3.63) is 0 Å². The van der Waals surface area contributed by atoms with Crippen molar-refractivity contribution in [1.29, 1.82) is 0 Å². The second-order valence-corrected chi connectivity index (χ2v) is 3.42. The average Bonchev–Trinajstić information content (AvgIpc) is 2.24. The van der Waals surface area contributed by atoms with E-state index >= 15 is 0 Å². The monoisotopic (exact) mass is 126 g/mol. The van der Waals surface area contributed by atoms with Gasteiger partial charge in [0.2, 0.25) is 0 Å². The van der Waals surface area contributed by atoms with E-state index in [1.807, 2.05) is 0 Å². The molecule has 1 unspecified atom stereocenters. The summed E-state index contributed by atoms with van der Waals surface area (Å²) in [6.07, 6.45) is 1.41. The minimum absolute atomic E-state index is 0.875. The maximum Gasteiger partial charge on any atom is 0.0236 e. The fraction of sp³-hybridized carbons (Fsp3) is 1.00. The summed E-state index contributed by atoms with van der Waals surface area (Å²) in [7, 11) is 4.47. The molecule has 2 atom stereocenters. The third-order valence-electron chi connectivity index (χ3n) is 2.79. The molecule has 2 saturated heterocycles. The van der Waals surface area contributed by atoms with Crippen LogP contribution >= 0.6 is 0 Å². The largest absolute Gasteiger partial charge is 0.301 e. The first-order valence-electron chi connectivity index (χ1n) is 3.68. The minimum atomic E-state index is 0.875. The lowest BCUT2D eigenvalue weighted by atomic mass is 10.2. The summed E-state index contributed by atoms with van der Waals surface area (Å²) in [6, 6.07) is 1.75. The van der Waals surface area contributed by atoms with Gasteiger partial charge in [0.1, 0.15) is 0 Å². The van der Waals surface area contributed by atoms with Gasteiger partial charge in [0, 0.05) is 25.2 Å². The highest BCUT2D eigenvalue weighted by Gasteiger charge is 2.38. The van der Waals surface area contributed by atoms with Crippen LogP contribution in [-0.4, -0.2) is 49.1 Å². The summed E-state index contributed by atoms with van der Waals surface area (Å²) < 4.78 is 0. The van der Waals surface area contributed by atoms with E-state index in [-0.39, 0.29) is 0 Å². The summed E-state index contributed by atoms with van der Waals surface area (Å²) in [6.45, 7) is 2.59. The molecule has 2 aliphatic heterocycles. The van der Waals surface area contributed by atoms with Gasteiger partial charge in [-0.1, -0.05) is 0 Å². The molecule has 0 aliphatic carbocycles. The van der Waals surface area contributed by atoms with Crippen LogP contribution < -0.4 is 0 Å². The summed E-state index contributed by atoms with van der Waals surface area (Å²) in [4.78, 5) is 4.95. The quantitative estimate of drug-likeness (QED) is 0.451. The normalized spacial score (nSPS) is 44.7. The Bertz CT molecular complexity index is 106. The second-order valence-electron chi connectivity index (χ2n) is 3.42. The Balaban J connectivity index is 2.10. The third kappa shape index (κ3) is 0.700. The SMILES string of the molecule is CN1C[C@H]2CC1CN2C. The Morgan fingerprint density at radius 3 is 1.67 bits per heavy atom. The van der Waals surface area contributed by atoms with Crippen LogP contribution in [0.5, 0.6) is 0 Å². The number of nitrogens with zero attached hydrogens (tertiary/aromatic N) is 2. The molecule has 0 radical (unpaired) electrons. The number of likely N-dealkylation sites (N-methyl/N-ethyl adjacent to an activating group) is 2. The van der Waals surface area contributed by atoms with Gasteiger partial charge in [0.05, 0.1) is 0 Å². The highest BCUT2D eigenvalue weighted by molar-refractivity contribution is 4.96. The standard InChI is InChI=1S/C7H14N2/c1-8-4-7-3-6(8)5-9(7)2/h6-7H,3-5H2,1-2H3/t6-,7?/m1/s1. The molecule has 9 heavy (non-hydrogen) atoms. The van der Waals surface area contributed by atoms with E-state index in [4.69, 9.17) is 0 Å². The second kappa shape index (κ2) is 1.70. The molecule has 0 aromatic rings. The summed E-state index contributed by atoms with van der Waals surface area (Å²) in [5, 5.41) is 0. The smallest absolute Gasteiger partial charge is 0.0236 e. The molecule has 2 fully saturated rings. The molecule has 2 heterocycles. The van der Waals surface area contributed by atoms with E-state index in [1.54, 1.807) is 0 Å². The van der Waals surface area contributed by atoms with Crippen molar-refractivity contribution < 1.29 is 0 Å². The molecule has 0 aromatic carbocycles. The van der Waals surface area contributed by atoms with E-state index in [0.717, 1.165) is 12.1 Å². The van der Waals surface area contributed by atoms with Gasteiger partial charge in [0.15, 0.2) is 0 Å². The molecule has 2 bridgehead atoms. The van der Waals surface area contributed by atoms with Crippen LogP contribution in [0.1, 0.15) is 6.42 Å². The molecule has 2 heteroatoms. The van der Waals surface area contributed by atoms with Crippen LogP contribution in [0.3, 0.4) is 0 Å². The highest BCUT2D eigenvalue weighted by Crippen LogP contribution is 2.27. The zero-order valence-corrected chi connectivity index (χ0v) is 6.17. The number of rotatable bonds is 0. The molecule has 0 aromatic heterocycles. The van der Waals surface area contributed by atoms with Gasteiger partial charge in [-0.2, -0.15) is 0 Å². The highest BCUT2D eigenvalue weighted by atomic mass is 15.3. The number of piperazine rings is 1. The van der Waals surface area contributed by atoms with Crippen LogP contribution in [0.2, 0.25) is 0 Å². The fourth-order valence-electron chi connectivity index (χ4n) is 2.06. The molecule has 2 nitrogen and oxygen atoms in total. The maximum absolute atomic E-state index is 2.48. The van der Waals surface area contributed by atoms with E-state index < -0.39 is 0 Å². The van der Waals surface area contributed by atoms with Crippen molar-refractivity contribution in [2.24, 2.45) is 0 Å². The van der Waals surface area contributed by atoms with Crippen LogP contribution in [0.15, 0.2) is 0 Å². The van der Waals surface area contributed by atoms with Gasteiger partial charge in [0.25, 0.3) is 0 Å². The zero-order chi connectivity index (χ0) is 6.43. The van der Waals surface area contributed by atoms with Crippen molar-refractivity contribution in [1.82, 2.24) is 9.80 Å². The molecule has 0 spiro atoms. The Labute approximate surface area is 56.4 Å². The van der Waals surface area contributed by atoms with Crippen LogP contribution in [-0.2, 0) is 0 Å². The first-order chi connectivity index (χ1) is 4.27. The van der Waals surface area contributed by atoms with Crippen molar-refractivity contribution >= 4 is 0 Å². The molecule has 0 amide bonds. The van der Waals surface area contributed by atoms with Crippen LogP contribution in [0, 0.1) is 0 Å². The van der Waals surface area contributed by atoms with Crippen molar-refractivity contribution in [2.45, 2.75) is 18.5 Å². The van der Waals surface area contributed by atoms with Crippen LogP contribution in [0.4, 0.5) is 0 Å². The molecule has 52 valence electrons. The average molecular weight is 126 g/mol. The van der Waals surface area contributed by atoms with Crippen molar-refractivity contribution in [3.8, 4) is 0 Å². The Hall–Kier alpha value is -0.0800. The molecule has 0 N–H and O–H groups in total.